The number of pyridine rings is 1. The molecular formula is C22H26N4O4. The summed E-state index contributed by atoms with van der Waals surface area (Å²) in [5.41, 5.74) is 1.28. The van der Waals surface area contributed by atoms with Gasteiger partial charge in [0.15, 0.2) is 0 Å². The maximum atomic E-state index is 12.0. The lowest BCUT2D eigenvalue weighted by molar-refractivity contribution is -0.384. The van der Waals surface area contributed by atoms with Crippen LogP contribution in [-0.2, 0) is 0 Å². The minimum absolute atomic E-state index is 0.0139. The van der Waals surface area contributed by atoms with Crippen molar-refractivity contribution in [2.24, 2.45) is 11.1 Å². The van der Waals surface area contributed by atoms with E-state index in [-0.39, 0.29) is 22.3 Å². The summed E-state index contributed by atoms with van der Waals surface area (Å²) in [4.78, 5) is 40.3. The third-order valence-electron chi connectivity index (χ3n) is 5.46. The number of carbonyl (C=O) groups is 1. The molecule has 0 atom stereocenters. The summed E-state index contributed by atoms with van der Waals surface area (Å²) < 4.78 is 0. The third-order valence-corrected chi connectivity index (χ3v) is 5.46. The van der Waals surface area contributed by atoms with Gasteiger partial charge in [-0.2, -0.15) is 0 Å². The second-order valence-electron chi connectivity index (χ2n) is 8.09. The first-order valence-corrected chi connectivity index (χ1v) is 10.3. The number of nitrogens with zero attached hydrogens (tertiary/aromatic N) is 4. The molecule has 8 nitrogen and oxygen atoms in total. The predicted octanol–water partition coefficient (Wildman–Crippen LogP) is 5.36. The summed E-state index contributed by atoms with van der Waals surface area (Å²) in [5, 5.41) is 14.4. The second kappa shape index (κ2) is 9.56. The predicted molar refractivity (Wildman–Crippen MR) is 116 cm³/mol. The molecule has 30 heavy (non-hydrogen) atoms. The third kappa shape index (κ3) is 4.69. The number of anilines is 1. The summed E-state index contributed by atoms with van der Waals surface area (Å²) >= 11 is 0. The Labute approximate surface area is 175 Å². The molecule has 2 aromatic rings. The fourth-order valence-electron chi connectivity index (χ4n) is 4.16. The second-order valence-corrected chi connectivity index (χ2v) is 8.09. The molecule has 0 radical (unpaired) electrons. The van der Waals surface area contributed by atoms with Gasteiger partial charge in [0.1, 0.15) is 11.4 Å². The van der Waals surface area contributed by atoms with Gasteiger partial charge >= 0.3 is 5.91 Å². The van der Waals surface area contributed by atoms with Crippen LogP contribution in [0.15, 0.2) is 41.7 Å². The van der Waals surface area contributed by atoms with Gasteiger partial charge in [-0.15, -0.1) is 4.91 Å². The average Bonchev–Trinajstić information content (AvgIpc) is 2.77. The van der Waals surface area contributed by atoms with Crippen molar-refractivity contribution in [1.82, 2.24) is 4.98 Å². The number of hydrogen-bond donors (Lipinski definition) is 0. The zero-order valence-corrected chi connectivity index (χ0v) is 17.3. The standard InChI is InChI=1S/C22H26N4O4/c1-15(2)14-25(17-7-4-3-5-8-17)19-11-10-16(13-20(19)26(29)30)18-9-6-12-23-21(18)22(27)24-28/h6,9-13,15,17H,3-5,7-8,14H2,1-2H3. The van der Waals surface area contributed by atoms with Crippen LogP contribution in [0.25, 0.3) is 11.1 Å². The number of nitro groups is 1. The minimum Gasteiger partial charge on any atom is -0.363 e. The van der Waals surface area contributed by atoms with E-state index < -0.39 is 5.91 Å². The van der Waals surface area contributed by atoms with E-state index in [4.69, 9.17) is 0 Å². The maximum absolute atomic E-state index is 12.0. The highest BCUT2D eigenvalue weighted by Crippen LogP contribution is 2.37. The molecule has 0 spiro atoms. The van der Waals surface area contributed by atoms with Gasteiger partial charge < -0.3 is 4.90 Å². The minimum atomic E-state index is -0.999. The molecule has 3 rings (SSSR count). The van der Waals surface area contributed by atoms with Gasteiger partial charge in [-0.3, -0.25) is 19.9 Å². The molecule has 1 fully saturated rings. The lowest BCUT2D eigenvalue weighted by Gasteiger charge is -2.37. The van der Waals surface area contributed by atoms with Crippen molar-refractivity contribution in [3.63, 3.8) is 0 Å². The molecule has 0 bridgehead atoms. The van der Waals surface area contributed by atoms with Crippen molar-refractivity contribution in [3.05, 3.63) is 57.2 Å². The number of benzene rings is 1. The molecule has 0 saturated heterocycles. The molecule has 1 heterocycles. The zero-order valence-electron chi connectivity index (χ0n) is 17.3. The van der Waals surface area contributed by atoms with Crippen LogP contribution in [0.5, 0.6) is 0 Å². The summed E-state index contributed by atoms with van der Waals surface area (Å²) in [6.45, 7) is 4.95. The Hall–Kier alpha value is -3.16. The van der Waals surface area contributed by atoms with Gasteiger partial charge in [0, 0.05) is 35.6 Å². The Bertz CT molecular complexity index is 938. The van der Waals surface area contributed by atoms with Crippen LogP contribution >= 0.6 is 0 Å². The number of aromatic nitrogens is 1. The van der Waals surface area contributed by atoms with E-state index in [2.05, 4.69) is 28.9 Å². The molecule has 1 saturated carbocycles. The Kier molecular flexibility index (Phi) is 6.87. The van der Waals surface area contributed by atoms with Crippen LogP contribution in [0.2, 0.25) is 0 Å². The van der Waals surface area contributed by atoms with E-state index in [1.807, 2.05) is 0 Å². The Morgan fingerprint density at radius 3 is 2.63 bits per heavy atom. The summed E-state index contributed by atoms with van der Waals surface area (Å²) in [6, 6.07) is 8.46. The van der Waals surface area contributed by atoms with E-state index in [1.54, 1.807) is 24.3 Å². The molecule has 1 aromatic heterocycles. The van der Waals surface area contributed by atoms with Gasteiger partial charge in [0.2, 0.25) is 0 Å². The quantitative estimate of drug-likeness (QED) is 0.346. The van der Waals surface area contributed by atoms with Gasteiger partial charge in [0.05, 0.1) is 4.92 Å². The zero-order chi connectivity index (χ0) is 21.7. The van der Waals surface area contributed by atoms with Crippen molar-refractivity contribution in [1.29, 1.82) is 0 Å². The number of nitro benzene ring substituents is 1. The van der Waals surface area contributed by atoms with E-state index in [9.17, 15) is 19.8 Å². The van der Waals surface area contributed by atoms with Gasteiger partial charge in [-0.1, -0.05) is 45.2 Å². The van der Waals surface area contributed by atoms with Crippen LogP contribution in [0.4, 0.5) is 11.4 Å². The van der Waals surface area contributed by atoms with Gasteiger partial charge in [0.25, 0.3) is 5.69 Å². The van der Waals surface area contributed by atoms with Gasteiger partial charge in [-0.25, -0.2) is 0 Å². The first-order valence-electron chi connectivity index (χ1n) is 10.3. The Morgan fingerprint density at radius 2 is 2.00 bits per heavy atom. The Morgan fingerprint density at radius 1 is 1.27 bits per heavy atom. The maximum Gasteiger partial charge on any atom is 0.335 e. The van der Waals surface area contributed by atoms with Crippen molar-refractivity contribution < 1.29 is 9.72 Å². The lowest BCUT2D eigenvalue weighted by Crippen LogP contribution is -2.39. The SMILES string of the molecule is CC(C)CN(c1ccc(-c2cccnc2C(=O)N=O)cc1[N+](=O)[O-])C1CCCCC1. The van der Waals surface area contributed by atoms with Crippen molar-refractivity contribution in [2.75, 3.05) is 11.4 Å². The Balaban J connectivity index is 2.08. The number of nitroso groups, excluding NO2 is 1. The largest absolute Gasteiger partial charge is 0.363 e. The first kappa shape index (κ1) is 21.5. The fourth-order valence-corrected chi connectivity index (χ4v) is 4.16. The molecular weight excluding hydrogens is 384 g/mol. The molecule has 1 aliphatic carbocycles. The smallest absolute Gasteiger partial charge is 0.335 e. The van der Waals surface area contributed by atoms with Gasteiger partial charge in [-0.05, 0) is 36.5 Å². The number of amides is 1. The average molecular weight is 410 g/mol. The van der Waals surface area contributed by atoms with Crippen molar-refractivity contribution in [3.8, 4) is 11.1 Å². The van der Waals surface area contributed by atoms with E-state index in [0.29, 0.717) is 22.7 Å². The van der Waals surface area contributed by atoms with Crippen LogP contribution in [-0.4, -0.2) is 28.4 Å². The summed E-state index contributed by atoms with van der Waals surface area (Å²) in [6.07, 6.45) is 6.90. The highest BCUT2D eigenvalue weighted by molar-refractivity contribution is 5.99. The summed E-state index contributed by atoms with van der Waals surface area (Å²) in [5.74, 6) is -0.645. The molecule has 1 aliphatic rings. The van der Waals surface area contributed by atoms with Crippen LogP contribution in [0, 0.1) is 20.9 Å². The summed E-state index contributed by atoms with van der Waals surface area (Å²) in [7, 11) is 0. The molecule has 158 valence electrons. The van der Waals surface area contributed by atoms with Crippen molar-refractivity contribution in [2.45, 2.75) is 52.0 Å². The van der Waals surface area contributed by atoms with E-state index >= 15 is 0 Å². The molecule has 1 aromatic carbocycles. The van der Waals surface area contributed by atoms with E-state index in [0.717, 1.165) is 32.2 Å². The highest BCUT2D eigenvalue weighted by atomic mass is 16.6. The van der Waals surface area contributed by atoms with Crippen LogP contribution in [0.3, 0.4) is 0 Å². The normalized spacial score (nSPS) is 14.5. The molecule has 0 N–H and O–H groups in total. The van der Waals surface area contributed by atoms with Crippen LogP contribution < -0.4 is 4.90 Å². The molecule has 0 aliphatic heterocycles. The lowest BCUT2D eigenvalue weighted by atomic mass is 9.92. The molecule has 1 amide bonds. The molecule has 0 unspecified atom stereocenters. The number of carbonyl (C=O) groups excluding carboxylic acids is 1. The fraction of sp³-hybridized carbons (Fsp3) is 0.455. The van der Waals surface area contributed by atoms with Crippen molar-refractivity contribution >= 4 is 17.3 Å². The monoisotopic (exact) mass is 410 g/mol. The topological polar surface area (TPSA) is 106 Å². The highest BCUT2D eigenvalue weighted by Gasteiger charge is 2.28. The number of rotatable bonds is 7. The van der Waals surface area contributed by atoms with E-state index in [1.165, 1.54) is 18.7 Å². The first-order chi connectivity index (χ1) is 14.4. The number of hydrogen-bond acceptors (Lipinski definition) is 6. The molecule has 8 heteroatoms. The van der Waals surface area contributed by atoms with Crippen LogP contribution in [0.1, 0.15) is 56.4 Å².